The third kappa shape index (κ3) is 4.36. The second-order valence-corrected chi connectivity index (χ2v) is 5.20. The summed E-state index contributed by atoms with van der Waals surface area (Å²) >= 11 is 0. The molecule has 2 aromatic rings. The first-order chi connectivity index (χ1) is 9.42. The van der Waals surface area contributed by atoms with E-state index in [-0.39, 0.29) is 0 Å². The van der Waals surface area contributed by atoms with E-state index in [1.807, 2.05) is 0 Å². The third-order valence-electron chi connectivity index (χ3n) is 3.66. The topological polar surface area (TPSA) is 12.0 Å². The van der Waals surface area contributed by atoms with Crippen molar-refractivity contribution in [2.45, 2.75) is 39.0 Å². The van der Waals surface area contributed by atoms with E-state index in [0.717, 1.165) is 19.5 Å². The maximum Gasteiger partial charge on any atom is -0.000813 e. The zero-order valence-corrected chi connectivity index (χ0v) is 12.0. The normalized spacial score (nSPS) is 11.0. The molecule has 1 N–H and O–H groups in total. The molecular weight excluding hydrogens is 230 g/mol. The summed E-state index contributed by atoms with van der Waals surface area (Å²) < 4.78 is 0. The molecule has 0 fully saturated rings. The van der Waals surface area contributed by atoms with Crippen LogP contribution in [0.2, 0.25) is 0 Å². The van der Waals surface area contributed by atoms with Crippen molar-refractivity contribution in [1.29, 1.82) is 0 Å². The van der Waals surface area contributed by atoms with Crippen LogP contribution >= 0.6 is 0 Å². The largest absolute Gasteiger partial charge is 0.316 e. The lowest BCUT2D eigenvalue weighted by atomic mass is 10.0. The highest BCUT2D eigenvalue weighted by molar-refractivity contribution is 5.85. The van der Waals surface area contributed by atoms with Gasteiger partial charge in [0.1, 0.15) is 0 Å². The minimum Gasteiger partial charge on any atom is -0.316 e. The van der Waals surface area contributed by atoms with Gasteiger partial charge < -0.3 is 5.32 Å². The Kier molecular flexibility index (Phi) is 5.90. The van der Waals surface area contributed by atoms with Gasteiger partial charge in [-0.15, -0.1) is 0 Å². The molecule has 0 aliphatic rings. The Morgan fingerprint density at radius 2 is 1.68 bits per heavy atom. The molecule has 0 heterocycles. The first-order valence-corrected chi connectivity index (χ1v) is 7.59. The molecule has 1 nitrogen and oxygen atoms in total. The van der Waals surface area contributed by atoms with Crippen molar-refractivity contribution in [3.05, 3.63) is 48.0 Å². The molecule has 0 aromatic heterocycles. The molecule has 0 aliphatic heterocycles. The molecule has 0 spiro atoms. The standard InChI is InChI=1S/C18H25N/c1-2-3-4-7-14-19-15-13-17-11-8-10-16-9-5-6-12-18(16)17/h5-6,8-12,19H,2-4,7,13-15H2,1H3. The molecule has 0 unspecified atom stereocenters. The van der Waals surface area contributed by atoms with Gasteiger partial charge in [0.15, 0.2) is 0 Å². The molecule has 0 radical (unpaired) electrons. The van der Waals surface area contributed by atoms with E-state index in [4.69, 9.17) is 0 Å². The maximum atomic E-state index is 3.56. The summed E-state index contributed by atoms with van der Waals surface area (Å²) in [6.45, 7) is 4.50. The average Bonchev–Trinajstić information content (AvgIpc) is 2.46. The lowest BCUT2D eigenvalue weighted by Gasteiger charge is -2.08. The molecule has 0 bridgehead atoms. The summed E-state index contributed by atoms with van der Waals surface area (Å²) in [7, 11) is 0. The van der Waals surface area contributed by atoms with Gasteiger partial charge in [-0.25, -0.2) is 0 Å². The first kappa shape index (κ1) is 14.1. The van der Waals surface area contributed by atoms with Gasteiger partial charge in [0.25, 0.3) is 0 Å². The molecular formula is C18H25N. The van der Waals surface area contributed by atoms with Gasteiger partial charge >= 0.3 is 0 Å². The predicted molar refractivity (Wildman–Crippen MR) is 84.7 cm³/mol. The number of hydrogen-bond acceptors (Lipinski definition) is 1. The molecule has 102 valence electrons. The second kappa shape index (κ2) is 7.96. The van der Waals surface area contributed by atoms with Crippen LogP contribution in [0.3, 0.4) is 0 Å². The number of benzene rings is 2. The molecule has 19 heavy (non-hydrogen) atoms. The summed E-state index contributed by atoms with van der Waals surface area (Å²) in [5.74, 6) is 0. The minimum atomic E-state index is 1.08. The van der Waals surface area contributed by atoms with Crippen molar-refractivity contribution < 1.29 is 0 Å². The molecule has 0 atom stereocenters. The highest BCUT2D eigenvalue weighted by Gasteiger charge is 1.99. The van der Waals surface area contributed by atoms with Crippen LogP contribution in [-0.4, -0.2) is 13.1 Å². The highest BCUT2D eigenvalue weighted by atomic mass is 14.8. The van der Waals surface area contributed by atoms with Crippen molar-refractivity contribution >= 4 is 10.8 Å². The van der Waals surface area contributed by atoms with Crippen LogP contribution in [0.25, 0.3) is 10.8 Å². The van der Waals surface area contributed by atoms with Crippen molar-refractivity contribution in [1.82, 2.24) is 5.32 Å². The van der Waals surface area contributed by atoms with E-state index in [9.17, 15) is 0 Å². The van der Waals surface area contributed by atoms with Gasteiger partial charge in [0.2, 0.25) is 0 Å². The number of rotatable bonds is 8. The average molecular weight is 255 g/mol. The van der Waals surface area contributed by atoms with Crippen molar-refractivity contribution in [3.63, 3.8) is 0 Å². The zero-order valence-electron chi connectivity index (χ0n) is 12.0. The van der Waals surface area contributed by atoms with Crippen LogP contribution < -0.4 is 5.32 Å². The van der Waals surface area contributed by atoms with Crippen LogP contribution in [-0.2, 0) is 6.42 Å². The van der Waals surface area contributed by atoms with Crippen LogP contribution in [0.5, 0.6) is 0 Å². The van der Waals surface area contributed by atoms with Crippen molar-refractivity contribution in [2.75, 3.05) is 13.1 Å². The van der Waals surface area contributed by atoms with Gasteiger partial charge in [0.05, 0.1) is 0 Å². The van der Waals surface area contributed by atoms with Crippen molar-refractivity contribution in [3.8, 4) is 0 Å². The fraction of sp³-hybridized carbons (Fsp3) is 0.444. The predicted octanol–water partition coefficient (Wildman–Crippen LogP) is 4.55. The van der Waals surface area contributed by atoms with E-state index < -0.39 is 0 Å². The van der Waals surface area contributed by atoms with E-state index in [0.29, 0.717) is 0 Å². The Labute approximate surface area is 117 Å². The molecule has 0 amide bonds. The van der Waals surface area contributed by atoms with Crippen molar-refractivity contribution in [2.24, 2.45) is 0 Å². The number of hydrogen-bond donors (Lipinski definition) is 1. The minimum absolute atomic E-state index is 1.08. The maximum absolute atomic E-state index is 3.56. The summed E-state index contributed by atoms with van der Waals surface area (Å²) in [6, 6.07) is 15.3. The molecule has 0 saturated heterocycles. The molecule has 2 aromatic carbocycles. The van der Waals surface area contributed by atoms with Crippen LogP contribution in [0.4, 0.5) is 0 Å². The van der Waals surface area contributed by atoms with E-state index in [1.165, 1.54) is 42.0 Å². The molecule has 1 heteroatoms. The van der Waals surface area contributed by atoms with E-state index in [1.54, 1.807) is 0 Å². The van der Waals surface area contributed by atoms with Crippen LogP contribution in [0.1, 0.15) is 38.2 Å². The fourth-order valence-corrected chi connectivity index (χ4v) is 2.54. The smallest absolute Gasteiger partial charge is 0.000813 e. The van der Waals surface area contributed by atoms with E-state index in [2.05, 4.69) is 54.7 Å². The second-order valence-electron chi connectivity index (χ2n) is 5.20. The quantitative estimate of drug-likeness (QED) is 0.682. The molecule has 0 saturated carbocycles. The Morgan fingerprint density at radius 3 is 2.58 bits per heavy atom. The summed E-state index contributed by atoms with van der Waals surface area (Å²) in [5.41, 5.74) is 1.46. The molecule has 2 rings (SSSR count). The van der Waals surface area contributed by atoms with Gasteiger partial charge in [-0.05, 0) is 42.3 Å². The third-order valence-corrected chi connectivity index (χ3v) is 3.66. The number of nitrogens with one attached hydrogen (secondary N) is 1. The number of unbranched alkanes of at least 4 members (excludes halogenated alkanes) is 3. The summed E-state index contributed by atoms with van der Waals surface area (Å²) in [5, 5.41) is 6.31. The molecule has 0 aliphatic carbocycles. The summed E-state index contributed by atoms with van der Waals surface area (Å²) in [6.07, 6.45) is 6.47. The first-order valence-electron chi connectivity index (χ1n) is 7.59. The number of fused-ring (bicyclic) bond motifs is 1. The fourth-order valence-electron chi connectivity index (χ4n) is 2.54. The zero-order chi connectivity index (χ0) is 13.3. The Balaban J connectivity index is 1.78. The van der Waals surface area contributed by atoms with E-state index >= 15 is 0 Å². The Morgan fingerprint density at radius 1 is 0.842 bits per heavy atom. The SMILES string of the molecule is CCCCCCNCCc1cccc2ccccc12. The van der Waals surface area contributed by atoms with Crippen LogP contribution in [0, 0.1) is 0 Å². The monoisotopic (exact) mass is 255 g/mol. The lowest BCUT2D eigenvalue weighted by Crippen LogP contribution is -2.18. The Bertz CT molecular complexity index is 485. The highest BCUT2D eigenvalue weighted by Crippen LogP contribution is 2.18. The summed E-state index contributed by atoms with van der Waals surface area (Å²) in [4.78, 5) is 0. The van der Waals surface area contributed by atoms with Gasteiger partial charge in [-0.1, -0.05) is 68.7 Å². The van der Waals surface area contributed by atoms with Crippen LogP contribution in [0.15, 0.2) is 42.5 Å². The Hall–Kier alpha value is -1.34. The van der Waals surface area contributed by atoms with Gasteiger partial charge in [-0.2, -0.15) is 0 Å². The van der Waals surface area contributed by atoms with Gasteiger partial charge in [0, 0.05) is 0 Å². The lowest BCUT2D eigenvalue weighted by molar-refractivity contribution is 0.599. The van der Waals surface area contributed by atoms with Gasteiger partial charge in [-0.3, -0.25) is 0 Å².